The van der Waals surface area contributed by atoms with Crippen LogP contribution in [0.5, 0.6) is 0 Å². The maximum atomic E-state index is 5.25. The zero-order chi connectivity index (χ0) is 26.4. The number of hydrogen-bond acceptors (Lipinski definition) is 1. The van der Waals surface area contributed by atoms with E-state index in [2.05, 4.69) is 128 Å². The predicted molar refractivity (Wildman–Crippen MR) is 164 cm³/mol. The first kappa shape index (κ1) is 21.9. The van der Waals surface area contributed by atoms with E-state index in [1.807, 2.05) is 0 Å². The van der Waals surface area contributed by atoms with Crippen LogP contribution in [0.1, 0.15) is 40.7 Å². The molecule has 0 aliphatic heterocycles. The summed E-state index contributed by atoms with van der Waals surface area (Å²) in [6.07, 6.45) is 6.93. The fraction of sp³-hybridized carbons (Fsp3) is 0.103. The average molecular weight is 508 g/mol. The van der Waals surface area contributed by atoms with Crippen LogP contribution in [-0.2, 0) is 5.41 Å². The monoisotopic (exact) mass is 507 g/mol. The molecule has 1 nitrogen and oxygen atoms in total. The number of fused-ring (bicyclic) bond motifs is 12. The molecule has 5 aromatic carbocycles. The molecule has 0 bridgehead atoms. The fourth-order valence-corrected chi connectivity index (χ4v) is 7.70. The molecule has 9 rings (SSSR count). The molecule has 6 aromatic rings. The number of hydrogen-bond donors (Lipinski definition) is 0. The molecule has 186 valence electrons. The van der Waals surface area contributed by atoms with E-state index in [4.69, 9.17) is 4.98 Å². The quantitative estimate of drug-likeness (QED) is 0.202. The molecule has 0 saturated heterocycles. The van der Waals surface area contributed by atoms with Crippen LogP contribution in [0.25, 0.3) is 49.6 Å². The lowest BCUT2D eigenvalue weighted by atomic mass is 9.69. The Kier molecular flexibility index (Phi) is 4.28. The SMILES string of the molecule is Cc1cccc(-c2nc3ccccc3c3cc4c(cc23)-c2cc#ccc2C42C3=C(CCC=C3)c3ccccc32)c1. The number of pyridine rings is 1. The van der Waals surface area contributed by atoms with Gasteiger partial charge < -0.3 is 0 Å². The van der Waals surface area contributed by atoms with Crippen LogP contribution in [0.3, 0.4) is 0 Å². The van der Waals surface area contributed by atoms with E-state index < -0.39 is 0 Å². The minimum Gasteiger partial charge on any atom is -0.247 e. The Morgan fingerprint density at radius 2 is 1.57 bits per heavy atom. The summed E-state index contributed by atoms with van der Waals surface area (Å²) in [7, 11) is 0. The van der Waals surface area contributed by atoms with Crippen molar-refractivity contribution in [2.75, 3.05) is 0 Å². The van der Waals surface area contributed by atoms with Crippen molar-refractivity contribution in [1.29, 1.82) is 0 Å². The van der Waals surface area contributed by atoms with Gasteiger partial charge in [0.2, 0.25) is 0 Å². The molecule has 1 spiro atoms. The number of aryl methyl sites for hydroxylation is 1. The van der Waals surface area contributed by atoms with Gasteiger partial charge in [-0.2, -0.15) is 0 Å². The molecule has 0 amide bonds. The van der Waals surface area contributed by atoms with Crippen molar-refractivity contribution in [3.05, 3.63) is 155 Å². The van der Waals surface area contributed by atoms with E-state index in [-0.39, 0.29) is 5.41 Å². The molecule has 1 heteroatoms. The Bertz CT molecular complexity index is 2130. The second kappa shape index (κ2) is 7.81. The van der Waals surface area contributed by atoms with Gasteiger partial charge in [0.1, 0.15) is 0 Å². The second-order valence-corrected chi connectivity index (χ2v) is 11.3. The third-order valence-corrected chi connectivity index (χ3v) is 9.27. The summed E-state index contributed by atoms with van der Waals surface area (Å²) in [6.45, 7) is 2.15. The van der Waals surface area contributed by atoms with Crippen molar-refractivity contribution in [1.82, 2.24) is 4.98 Å². The first-order valence-electron chi connectivity index (χ1n) is 14.1. The van der Waals surface area contributed by atoms with Crippen molar-refractivity contribution in [2.45, 2.75) is 25.2 Å². The van der Waals surface area contributed by atoms with Gasteiger partial charge in [0, 0.05) is 16.3 Å². The Hall–Kier alpha value is -4.93. The van der Waals surface area contributed by atoms with Gasteiger partial charge in [-0.15, -0.1) is 0 Å². The summed E-state index contributed by atoms with van der Waals surface area (Å²) in [5.74, 6) is 0. The van der Waals surface area contributed by atoms with Gasteiger partial charge in [-0.25, -0.2) is 4.98 Å². The summed E-state index contributed by atoms with van der Waals surface area (Å²) in [5.41, 5.74) is 15.0. The van der Waals surface area contributed by atoms with Gasteiger partial charge in [0.05, 0.1) is 16.6 Å². The summed E-state index contributed by atoms with van der Waals surface area (Å²) < 4.78 is 0. The van der Waals surface area contributed by atoms with E-state index in [0.717, 1.165) is 29.6 Å². The largest absolute Gasteiger partial charge is 0.247 e. The third-order valence-electron chi connectivity index (χ3n) is 9.27. The van der Waals surface area contributed by atoms with Gasteiger partial charge in [-0.1, -0.05) is 90.5 Å². The molecule has 0 N–H and O–H groups in total. The molecule has 1 unspecified atom stereocenters. The molecular weight excluding hydrogens is 482 g/mol. The van der Waals surface area contributed by atoms with Crippen molar-refractivity contribution >= 4 is 27.2 Å². The Balaban J connectivity index is 1.47. The van der Waals surface area contributed by atoms with Gasteiger partial charge in [-0.3, -0.25) is 0 Å². The van der Waals surface area contributed by atoms with Gasteiger partial charge in [0.15, 0.2) is 0 Å². The molecular formula is C39H25N. The van der Waals surface area contributed by atoms with Crippen LogP contribution in [0.2, 0.25) is 0 Å². The molecule has 3 aliphatic rings. The Morgan fingerprint density at radius 1 is 0.700 bits per heavy atom. The minimum atomic E-state index is -0.346. The van der Waals surface area contributed by atoms with Gasteiger partial charge >= 0.3 is 0 Å². The smallest absolute Gasteiger partial charge is 0.0788 e. The van der Waals surface area contributed by atoms with Gasteiger partial charge in [0.25, 0.3) is 0 Å². The molecule has 1 aromatic heterocycles. The van der Waals surface area contributed by atoms with Crippen LogP contribution >= 0.6 is 0 Å². The summed E-state index contributed by atoms with van der Waals surface area (Å²) in [5, 5.41) is 3.64. The highest BCUT2D eigenvalue weighted by Gasteiger charge is 2.52. The Labute approximate surface area is 234 Å². The van der Waals surface area contributed by atoms with Crippen LogP contribution in [0.4, 0.5) is 0 Å². The van der Waals surface area contributed by atoms with Crippen molar-refractivity contribution in [3.63, 3.8) is 0 Å². The highest BCUT2D eigenvalue weighted by Crippen LogP contribution is 2.63. The van der Waals surface area contributed by atoms with E-state index in [1.54, 1.807) is 0 Å². The second-order valence-electron chi connectivity index (χ2n) is 11.3. The topological polar surface area (TPSA) is 12.9 Å². The minimum absolute atomic E-state index is 0.346. The molecule has 1 atom stereocenters. The summed E-state index contributed by atoms with van der Waals surface area (Å²) in [4.78, 5) is 5.25. The van der Waals surface area contributed by atoms with Gasteiger partial charge in [-0.05, 0) is 106 Å². The molecule has 1 heterocycles. The number of aromatic nitrogens is 1. The third kappa shape index (κ3) is 2.66. The molecule has 40 heavy (non-hydrogen) atoms. The van der Waals surface area contributed by atoms with Crippen LogP contribution < -0.4 is 0 Å². The number of nitrogens with zero attached hydrogens (tertiary/aromatic N) is 1. The lowest BCUT2D eigenvalue weighted by molar-refractivity contribution is 0.782. The number of para-hydroxylation sites is 1. The fourth-order valence-electron chi connectivity index (χ4n) is 7.70. The van der Waals surface area contributed by atoms with Crippen LogP contribution in [0.15, 0.2) is 115 Å². The first-order valence-corrected chi connectivity index (χ1v) is 14.1. The average Bonchev–Trinajstić information content (AvgIpc) is 3.47. The number of rotatable bonds is 1. The van der Waals surface area contributed by atoms with Crippen molar-refractivity contribution < 1.29 is 0 Å². The standard InChI is InChI=1S/C39H25N/c1-24-11-10-12-25(21-24)38-32-22-31-28-15-4-8-19-35(28)39(36(31)23-30(32)29-16-5-9-20-37(29)40-38)33-17-6-2-13-26(33)27-14-3-7-18-34(27)39/h2,5-7,9-13,15-23H,3,14H2,1H3. The zero-order valence-electron chi connectivity index (χ0n) is 22.3. The van der Waals surface area contributed by atoms with E-state index in [9.17, 15) is 0 Å². The highest BCUT2D eigenvalue weighted by atomic mass is 14.7. The van der Waals surface area contributed by atoms with E-state index in [0.29, 0.717) is 0 Å². The number of benzene rings is 4. The van der Waals surface area contributed by atoms with Crippen molar-refractivity contribution in [3.8, 4) is 22.4 Å². The lowest BCUT2D eigenvalue weighted by Crippen LogP contribution is -2.27. The predicted octanol–water partition coefficient (Wildman–Crippen LogP) is 9.40. The number of allylic oxidation sites excluding steroid dienone is 4. The van der Waals surface area contributed by atoms with Crippen LogP contribution in [-0.4, -0.2) is 4.98 Å². The maximum absolute atomic E-state index is 5.25. The summed E-state index contributed by atoms with van der Waals surface area (Å²) in [6, 6.07) is 42.2. The summed E-state index contributed by atoms with van der Waals surface area (Å²) >= 11 is 0. The van der Waals surface area contributed by atoms with E-state index >= 15 is 0 Å². The highest BCUT2D eigenvalue weighted by molar-refractivity contribution is 6.14. The molecule has 0 radical (unpaired) electrons. The first-order chi connectivity index (χ1) is 19.7. The molecule has 3 aliphatic carbocycles. The van der Waals surface area contributed by atoms with Crippen molar-refractivity contribution in [2.24, 2.45) is 0 Å². The molecule has 0 fully saturated rings. The van der Waals surface area contributed by atoms with E-state index in [1.165, 1.54) is 66.2 Å². The normalized spacial score (nSPS) is 18.1. The zero-order valence-corrected chi connectivity index (χ0v) is 22.3. The Morgan fingerprint density at radius 3 is 2.52 bits per heavy atom. The maximum Gasteiger partial charge on any atom is 0.0788 e. The molecule has 0 saturated carbocycles. The van der Waals surface area contributed by atoms with Crippen LogP contribution in [0, 0.1) is 19.1 Å². The lowest BCUT2D eigenvalue weighted by Gasteiger charge is -2.32.